The molecule has 0 atom stereocenters. The normalized spacial score (nSPS) is 15.4. The molecule has 1 aliphatic carbocycles. The van der Waals surface area contributed by atoms with Gasteiger partial charge in [0.05, 0.1) is 6.21 Å². The first kappa shape index (κ1) is 18.2. The van der Waals surface area contributed by atoms with Crippen LogP contribution in [-0.4, -0.2) is 24.1 Å². The second-order valence-corrected chi connectivity index (χ2v) is 6.46. The highest BCUT2D eigenvalue weighted by Crippen LogP contribution is 2.17. The Balaban J connectivity index is 1.58. The quantitative estimate of drug-likeness (QED) is 0.596. The van der Waals surface area contributed by atoms with E-state index in [4.69, 9.17) is 0 Å². The monoisotopic (exact) mass is 329 g/mol. The largest absolute Gasteiger partial charge is 0.353 e. The maximum absolute atomic E-state index is 11.8. The van der Waals surface area contributed by atoms with Crippen LogP contribution in [0.25, 0.3) is 0 Å². The van der Waals surface area contributed by atoms with E-state index in [0.717, 1.165) is 18.4 Å². The molecule has 0 saturated heterocycles. The lowest BCUT2D eigenvalue weighted by atomic mass is 9.95. The van der Waals surface area contributed by atoms with Crippen LogP contribution >= 0.6 is 0 Å². The van der Waals surface area contributed by atoms with Crippen LogP contribution in [-0.2, 0) is 9.59 Å². The second-order valence-electron chi connectivity index (χ2n) is 6.46. The number of hydrogen-bond donors (Lipinski definition) is 2. The first-order valence-corrected chi connectivity index (χ1v) is 8.81. The summed E-state index contributed by atoms with van der Waals surface area (Å²) < 4.78 is 0. The highest BCUT2D eigenvalue weighted by Gasteiger charge is 2.15. The van der Waals surface area contributed by atoms with Crippen molar-refractivity contribution in [3.63, 3.8) is 0 Å². The zero-order valence-electron chi connectivity index (χ0n) is 14.4. The molecular weight excluding hydrogens is 302 g/mol. The SMILES string of the molecule is Cc1ccc(/C=N/NC(=O)CCCC(=O)NC2CCCCC2)cc1. The number of nitrogens with zero attached hydrogens (tertiary/aromatic N) is 1. The van der Waals surface area contributed by atoms with E-state index in [1.807, 2.05) is 31.2 Å². The van der Waals surface area contributed by atoms with Crippen LogP contribution in [0.15, 0.2) is 29.4 Å². The summed E-state index contributed by atoms with van der Waals surface area (Å²) >= 11 is 0. The number of carbonyl (C=O) groups excluding carboxylic acids is 2. The van der Waals surface area contributed by atoms with Gasteiger partial charge in [0.1, 0.15) is 0 Å². The summed E-state index contributed by atoms with van der Waals surface area (Å²) in [7, 11) is 0. The molecule has 5 nitrogen and oxygen atoms in total. The third-order valence-corrected chi connectivity index (χ3v) is 4.26. The fourth-order valence-corrected chi connectivity index (χ4v) is 2.84. The molecule has 0 bridgehead atoms. The second kappa shape index (κ2) is 9.85. The van der Waals surface area contributed by atoms with Crippen molar-refractivity contribution in [1.82, 2.24) is 10.7 Å². The fourth-order valence-electron chi connectivity index (χ4n) is 2.84. The predicted molar refractivity (Wildman–Crippen MR) is 95.8 cm³/mol. The first-order chi connectivity index (χ1) is 11.6. The molecule has 2 amide bonds. The van der Waals surface area contributed by atoms with Crippen LogP contribution in [0.5, 0.6) is 0 Å². The van der Waals surface area contributed by atoms with Crippen molar-refractivity contribution < 1.29 is 9.59 Å². The minimum atomic E-state index is -0.163. The molecule has 0 aromatic heterocycles. The van der Waals surface area contributed by atoms with Gasteiger partial charge in [-0.05, 0) is 31.7 Å². The number of amides is 2. The third kappa shape index (κ3) is 6.94. The van der Waals surface area contributed by atoms with Gasteiger partial charge in [0, 0.05) is 18.9 Å². The van der Waals surface area contributed by atoms with E-state index in [1.54, 1.807) is 6.21 Å². The molecule has 1 fully saturated rings. The molecule has 0 heterocycles. The Kier molecular flexibility index (Phi) is 7.46. The van der Waals surface area contributed by atoms with Crippen molar-refractivity contribution in [1.29, 1.82) is 0 Å². The van der Waals surface area contributed by atoms with Crippen LogP contribution in [0.1, 0.15) is 62.5 Å². The van der Waals surface area contributed by atoms with Crippen molar-refractivity contribution in [2.45, 2.75) is 64.3 Å². The summed E-state index contributed by atoms with van der Waals surface area (Å²) in [6.45, 7) is 2.02. The van der Waals surface area contributed by atoms with Gasteiger partial charge in [0.2, 0.25) is 11.8 Å². The Morgan fingerprint density at radius 2 is 1.75 bits per heavy atom. The summed E-state index contributed by atoms with van der Waals surface area (Å²) in [5.41, 5.74) is 4.62. The van der Waals surface area contributed by atoms with Gasteiger partial charge in [0.15, 0.2) is 0 Å². The molecule has 1 aromatic rings. The smallest absolute Gasteiger partial charge is 0.240 e. The van der Waals surface area contributed by atoms with Gasteiger partial charge in [-0.1, -0.05) is 49.1 Å². The number of hydrogen-bond acceptors (Lipinski definition) is 3. The lowest BCUT2D eigenvalue weighted by Crippen LogP contribution is -2.36. The Labute approximate surface area is 143 Å². The van der Waals surface area contributed by atoms with E-state index in [1.165, 1.54) is 24.8 Å². The molecule has 0 spiro atoms. The molecule has 24 heavy (non-hydrogen) atoms. The number of carbonyl (C=O) groups is 2. The van der Waals surface area contributed by atoms with E-state index in [0.29, 0.717) is 25.3 Å². The van der Waals surface area contributed by atoms with Crippen molar-refractivity contribution in [2.24, 2.45) is 5.10 Å². The summed E-state index contributed by atoms with van der Waals surface area (Å²) in [6, 6.07) is 8.21. The topological polar surface area (TPSA) is 70.6 Å². The van der Waals surface area contributed by atoms with Gasteiger partial charge in [-0.3, -0.25) is 9.59 Å². The minimum absolute atomic E-state index is 0.0536. The highest BCUT2D eigenvalue weighted by molar-refractivity contribution is 5.82. The molecule has 2 rings (SSSR count). The highest BCUT2D eigenvalue weighted by atomic mass is 16.2. The van der Waals surface area contributed by atoms with Gasteiger partial charge < -0.3 is 5.32 Å². The van der Waals surface area contributed by atoms with Crippen LogP contribution < -0.4 is 10.7 Å². The standard InChI is InChI=1S/C19H27N3O2/c1-15-10-12-16(13-11-15)14-20-22-19(24)9-5-8-18(23)21-17-6-3-2-4-7-17/h10-14,17H,2-9H2,1H3,(H,21,23)(H,22,24)/b20-14+. The van der Waals surface area contributed by atoms with Crippen LogP contribution in [0.2, 0.25) is 0 Å². The van der Waals surface area contributed by atoms with Crippen molar-refractivity contribution in [3.8, 4) is 0 Å². The van der Waals surface area contributed by atoms with E-state index in [2.05, 4.69) is 15.8 Å². The molecule has 0 radical (unpaired) electrons. The van der Waals surface area contributed by atoms with Crippen LogP contribution in [0.3, 0.4) is 0 Å². The van der Waals surface area contributed by atoms with Crippen LogP contribution in [0.4, 0.5) is 0 Å². The lowest BCUT2D eigenvalue weighted by molar-refractivity contribution is -0.122. The predicted octanol–water partition coefficient (Wildman–Crippen LogP) is 3.06. The lowest BCUT2D eigenvalue weighted by Gasteiger charge is -2.22. The molecular formula is C19H27N3O2. The summed E-state index contributed by atoms with van der Waals surface area (Å²) in [5, 5.41) is 7.00. The molecule has 2 N–H and O–H groups in total. The molecule has 0 unspecified atom stereocenters. The molecule has 1 aromatic carbocycles. The molecule has 5 heteroatoms. The van der Waals surface area contributed by atoms with E-state index >= 15 is 0 Å². The molecule has 0 aliphatic heterocycles. The van der Waals surface area contributed by atoms with Crippen molar-refractivity contribution in [2.75, 3.05) is 0 Å². The average Bonchev–Trinajstić information content (AvgIpc) is 2.57. The van der Waals surface area contributed by atoms with Gasteiger partial charge in [-0.2, -0.15) is 5.10 Å². The average molecular weight is 329 g/mol. The van der Waals surface area contributed by atoms with Gasteiger partial charge in [-0.25, -0.2) is 5.43 Å². The Hall–Kier alpha value is -2.17. The Bertz CT molecular complexity index is 560. The molecule has 1 saturated carbocycles. The fraction of sp³-hybridized carbons (Fsp3) is 0.526. The number of aryl methyl sites for hydroxylation is 1. The maximum Gasteiger partial charge on any atom is 0.240 e. The number of rotatable bonds is 7. The zero-order chi connectivity index (χ0) is 17.2. The van der Waals surface area contributed by atoms with Crippen LogP contribution in [0, 0.1) is 6.92 Å². The van der Waals surface area contributed by atoms with E-state index < -0.39 is 0 Å². The molecule has 130 valence electrons. The number of hydrazone groups is 1. The first-order valence-electron chi connectivity index (χ1n) is 8.81. The Morgan fingerprint density at radius 1 is 1.08 bits per heavy atom. The maximum atomic E-state index is 11.8. The van der Waals surface area contributed by atoms with Gasteiger partial charge in [0.25, 0.3) is 0 Å². The van der Waals surface area contributed by atoms with Crippen molar-refractivity contribution >= 4 is 18.0 Å². The van der Waals surface area contributed by atoms with Crippen molar-refractivity contribution in [3.05, 3.63) is 35.4 Å². The Morgan fingerprint density at radius 3 is 2.46 bits per heavy atom. The summed E-state index contributed by atoms with van der Waals surface area (Å²) in [6.07, 6.45) is 8.71. The van der Waals surface area contributed by atoms with Gasteiger partial charge >= 0.3 is 0 Å². The molecule has 1 aliphatic rings. The summed E-state index contributed by atoms with van der Waals surface area (Å²) in [4.78, 5) is 23.5. The third-order valence-electron chi connectivity index (χ3n) is 4.26. The van der Waals surface area contributed by atoms with E-state index in [-0.39, 0.29) is 11.8 Å². The summed E-state index contributed by atoms with van der Waals surface area (Å²) in [5.74, 6) is -0.110. The number of benzene rings is 1. The van der Waals surface area contributed by atoms with Gasteiger partial charge in [-0.15, -0.1) is 0 Å². The zero-order valence-corrected chi connectivity index (χ0v) is 14.4. The number of nitrogens with one attached hydrogen (secondary N) is 2. The minimum Gasteiger partial charge on any atom is -0.353 e. The van der Waals surface area contributed by atoms with E-state index in [9.17, 15) is 9.59 Å².